The van der Waals surface area contributed by atoms with Crippen LogP contribution in [-0.2, 0) is 0 Å². The van der Waals surface area contributed by atoms with Crippen LogP contribution < -0.4 is 5.32 Å². The molecule has 0 amide bonds. The maximum absolute atomic E-state index is 3.29. The fraction of sp³-hybridized carbons (Fsp3) is 1.00. The fourth-order valence-corrected chi connectivity index (χ4v) is 1.40. The van der Waals surface area contributed by atoms with Crippen molar-refractivity contribution in [1.29, 1.82) is 0 Å². The number of nitrogens with zero attached hydrogens (tertiary/aromatic N) is 1. The van der Waals surface area contributed by atoms with E-state index in [9.17, 15) is 0 Å². The monoisotopic (exact) mass is 164 g/mol. The first-order valence-corrected chi connectivity index (χ1v) is 3.68. The lowest BCUT2D eigenvalue weighted by Crippen LogP contribution is -2.42. The van der Waals surface area contributed by atoms with Gasteiger partial charge in [0.15, 0.2) is 0 Å². The van der Waals surface area contributed by atoms with Gasteiger partial charge in [-0.3, -0.25) is 0 Å². The average Bonchev–Trinajstić information content (AvgIpc) is 1.88. The quantitative estimate of drug-likeness (QED) is 0.615. The SMILES string of the molecule is CNC1CCCN(C)C1.Cl. The lowest BCUT2D eigenvalue weighted by Gasteiger charge is -2.29. The first-order chi connectivity index (χ1) is 4.33. The van der Waals surface area contributed by atoms with Gasteiger partial charge in [0.1, 0.15) is 0 Å². The molecule has 1 unspecified atom stereocenters. The van der Waals surface area contributed by atoms with Gasteiger partial charge in [0.05, 0.1) is 0 Å². The molecular weight excluding hydrogens is 148 g/mol. The van der Waals surface area contributed by atoms with Crippen LogP contribution in [-0.4, -0.2) is 38.1 Å². The van der Waals surface area contributed by atoms with Crippen molar-refractivity contribution in [3.63, 3.8) is 0 Å². The maximum atomic E-state index is 3.29. The molecule has 62 valence electrons. The molecule has 1 heterocycles. The summed E-state index contributed by atoms with van der Waals surface area (Å²) in [4.78, 5) is 2.38. The largest absolute Gasteiger partial charge is 0.316 e. The number of rotatable bonds is 1. The molecule has 1 aliphatic heterocycles. The van der Waals surface area contributed by atoms with Crippen molar-refractivity contribution in [3.8, 4) is 0 Å². The maximum Gasteiger partial charge on any atom is 0.0192 e. The van der Waals surface area contributed by atoms with Crippen molar-refractivity contribution >= 4 is 12.4 Å². The molecule has 0 bridgehead atoms. The van der Waals surface area contributed by atoms with Crippen molar-refractivity contribution in [2.45, 2.75) is 18.9 Å². The Bertz CT molecular complexity index is 87.7. The van der Waals surface area contributed by atoms with E-state index in [1.807, 2.05) is 7.05 Å². The van der Waals surface area contributed by atoms with E-state index in [0.717, 1.165) is 6.04 Å². The first kappa shape index (κ1) is 10.2. The smallest absolute Gasteiger partial charge is 0.0192 e. The Morgan fingerprint density at radius 2 is 2.20 bits per heavy atom. The van der Waals surface area contributed by atoms with Gasteiger partial charge in [-0.25, -0.2) is 0 Å². The third-order valence-electron chi connectivity index (χ3n) is 2.03. The summed E-state index contributed by atoms with van der Waals surface area (Å²) in [6.45, 7) is 2.49. The molecule has 0 aromatic carbocycles. The van der Waals surface area contributed by atoms with Crippen LogP contribution in [0.3, 0.4) is 0 Å². The zero-order valence-corrected chi connectivity index (χ0v) is 7.58. The predicted octanol–water partition coefficient (Wildman–Crippen LogP) is 0.722. The van der Waals surface area contributed by atoms with Gasteiger partial charge in [0, 0.05) is 12.6 Å². The van der Waals surface area contributed by atoms with Crippen LogP contribution in [0, 0.1) is 0 Å². The van der Waals surface area contributed by atoms with Crippen LogP contribution in [0.5, 0.6) is 0 Å². The molecule has 0 spiro atoms. The Hall–Kier alpha value is 0.210. The second-order valence-corrected chi connectivity index (χ2v) is 2.89. The van der Waals surface area contributed by atoms with E-state index in [2.05, 4.69) is 17.3 Å². The Morgan fingerprint density at radius 3 is 2.60 bits per heavy atom. The Morgan fingerprint density at radius 1 is 1.50 bits per heavy atom. The molecule has 1 rings (SSSR count). The van der Waals surface area contributed by atoms with E-state index >= 15 is 0 Å². The van der Waals surface area contributed by atoms with E-state index in [-0.39, 0.29) is 12.4 Å². The number of likely N-dealkylation sites (N-methyl/N-ethyl adjacent to an activating group) is 2. The van der Waals surface area contributed by atoms with Crippen molar-refractivity contribution < 1.29 is 0 Å². The molecule has 3 heteroatoms. The van der Waals surface area contributed by atoms with Crippen molar-refractivity contribution in [1.82, 2.24) is 10.2 Å². The lowest BCUT2D eigenvalue weighted by atomic mass is 10.1. The Labute approximate surface area is 69.4 Å². The van der Waals surface area contributed by atoms with Gasteiger partial charge >= 0.3 is 0 Å². The topological polar surface area (TPSA) is 15.3 Å². The summed E-state index contributed by atoms with van der Waals surface area (Å²) in [5, 5.41) is 3.29. The minimum Gasteiger partial charge on any atom is -0.316 e. The van der Waals surface area contributed by atoms with Gasteiger partial charge in [-0.05, 0) is 33.5 Å². The Kier molecular flexibility index (Phi) is 5.04. The third kappa shape index (κ3) is 2.86. The number of hydrogen-bond acceptors (Lipinski definition) is 2. The van der Waals surface area contributed by atoms with Gasteiger partial charge in [0.25, 0.3) is 0 Å². The first-order valence-electron chi connectivity index (χ1n) is 3.68. The molecular formula is C7H17ClN2. The summed E-state index contributed by atoms with van der Waals surface area (Å²) in [7, 11) is 4.23. The molecule has 0 aromatic rings. The summed E-state index contributed by atoms with van der Waals surface area (Å²) in [6.07, 6.45) is 2.70. The second-order valence-electron chi connectivity index (χ2n) is 2.89. The van der Waals surface area contributed by atoms with Crippen molar-refractivity contribution in [2.24, 2.45) is 0 Å². The molecule has 0 radical (unpaired) electrons. The van der Waals surface area contributed by atoms with E-state index < -0.39 is 0 Å². The van der Waals surface area contributed by atoms with Crippen molar-refractivity contribution in [3.05, 3.63) is 0 Å². The number of piperidine rings is 1. The van der Waals surface area contributed by atoms with Gasteiger partial charge in [-0.15, -0.1) is 12.4 Å². The number of likely N-dealkylation sites (tertiary alicyclic amines) is 1. The molecule has 1 saturated heterocycles. The lowest BCUT2D eigenvalue weighted by molar-refractivity contribution is 0.234. The summed E-state index contributed by atoms with van der Waals surface area (Å²) in [5.74, 6) is 0. The van der Waals surface area contributed by atoms with Gasteiger partial charge in [0.2, 0.25) is 0 Å². The summed E-state index contributed by atoms with van der Waals surface area (Å²) < 4.78 is 0. The third-order valence-corrected chi connectivity index (χ3v) is 2.03. The number of hydrogen-bond donors (Lipinski definition) is 1. The zero-order valence-electron chi connectivity index (χ0n) is 6.76. The summed E-state index contributed by atoms with van der Waals surface area (Å²) in [5.41, 5.74) is 0. The van der Waals surface area contributed by atoms with E-state index in [1.54, 1.807) is 0 Å². The van der Waals surface area contributed by atoms with Crippen LogP contribution in [0.4, 0.5) is 0 Å². The zero-order chi connectivity index (χ0) is 6.69. The minimum absolute atomic E-state index is 0. The second kappa shape index (κ2) is 4.94. The highest BCUT2D eigenvalue weighted by atomic mass is 35.5. The highest BCUT2D eigenvalue weighted by Gasteiger charge is 2.13. The molecule has 1 N–H and O–H groups in total. The standard InChI is InChI=1S/C7H16N2.ClH/c1-8-7-4-3-5-9(2)6-7;/h7-8H,3-6H2,1-2H3;1H. The highest BCUT2D eigenvalue weighted by molar-refractivity contribution is 5.85. The van der Waals surface area contributed by atoms with Crippen LogP contribution in [0.2, 0.25) is 0 Å². The van der Waals surface area contributed by atoms with Crippen LogP contribution in [0.1, 0.15) is 12.8 Å². The van der Waals surface area contributed by atoms with E-state index in [0.29, 0.717) is 0 Å². The average molecular weight is 165 g/mol. The minimum atomic E-state index is 0. The highest BCUT2D eigenvalue weighted by Crippen LogP contribution is 2.06. The van der Waals surface area contributed by atoms with Gasteiger partial charge < -0.3 is 10.2 Å². The molecule has 0 saturated carbocycles. The number of nitrogens with one attached hydrogen (secondary N) is 1. The van der Waals surface area contributed by atoms with Crippen LogP contribution in [0.15, 0.2) is 0 Å². The number of halogens is 1. The molecule has 10 heavy (non-hydrogen) atoms. The van der Waals surface area contributed by atoms with Crippen molar-refractivity contribution in [2.75, 3.05) is 27.2 Å². The fourth-order valence-electron chi connectivity index (χ4n) is 1.40. The normalized spacial score (nSPS) is 27.6. The summed E-state index contributed by atoms with van der Waals surface area (Å²) in [6, 6.07) is 0.740. The molecule has 1 aliphatic rings. The molecule has 1 fully saturated rings. The van der Waals surface area contributed by atoms with Crippen LogP contribution >= 0.6 is 12.4 Å². The molecule has 0 aromatic heterocycles. The Balaban J connectivity index is 0.000000810. The molecule has 2 nitrogen and oxygen atoms in total. The van der Waals surface area contributed by atoms with Gasteiger partial charge in [-0.1, -0.05) is 0 Å². The predicted molar refractivity (Wildman–Crippen MR) is 46.8 cm³/mol. The van der Waals surface area contributed by atoms with E-state index in [1.165, 1.54) is 25.9 Å². The summed E-state index contributed by atoms with van der Waals surface area (Å²) >= 11 is 0. The van der Waals surface area contributed by atoms with E-state index in [4.69, 9.17) is 0 Å². The molecule has 1 atom stereocenters. The van der Waals surface area contributed by atoms with Gasteiger partial charge in [-0.2, -0.15) is 0 Å². The molecule has 0 aliphatic carbocycles. The van der Waals surface area contributed by atoms with Crippen LogP contribution in [0.25, 0.3) is 0 Å².